The van der Waals surface area contributed by atoms with Gasteiger partial charge >= 0.3 is 47.8 Å². The molecule has 0 amide bonds. The minimum Gasteiger partial charge on any atom is -0.426 e. The maximum atomic E-state index is 13.2. The van der Waals surface area contributed by atoms with Gasteiger partial charge in [-0.05, 0) is 49.9 Å². The molecule has 16 nitrogen and oxygen atoms in total. The lowest BCUT2D eigenvalue weighted by molar-refractivity contribution is -0.133. The topological polar surface area (TPSA) is 210 Å². The summed E-state index contributed by atoms with van der Waals surface area (Å²) in [6.07, 6.45) is 6.66. The number of ether oxygens (including phenoxy) is 8. The Hall–Kier alpha value is -7.36. The molecule has 16 heteroatoms. The average Bonchev–Trinajstić information content (AvgIpc) is 3.31. The third-order valence-corrected chi connectivity index (χ3v) is 13.0. The van der Waals surface area contributed by atoms with E-state index >= 15 is 0 Å². The molecule has 0 N–H and O–H groups in total. The number of benzene rings is 4. The molecule has 0 spiro atoms. The number of esters is 8. The highest BCUT2D eigenvalue weighted by Crippen LogP contribution is 2.54. The largest absolute Gasteiger partial charge is 0.426 e. The third-order valence-electron chi connectivity index (χ3n) is 13.0. The molecule has 5 rings (SSSR count). The van der Waals surface area contributed by atoms with E-state index in [0.29, 0.717) is 122 Å². The zero-order valence-electron chi connectivity index (χ0n) is 45.9. The molecule has 0 aliphatic heterocycles. The highest BCUT2D eigenvalue weighted by molar-refractivity contribution is 5.78. The highest BCUT2D eigenvalue weighted by atomic mass is 16.6. The first-order valence-corrected chi connectivity index (χ1v) is 26.3. The Morgan fingerprint density at radius 3 is 0.500 bits per heavy atom. The summed E-state index contributed by atoms with van der Waals surface area (Å²) in [6, 6.07) is 13.2. The van der Waals surface area contributed by atoms with E-state index in [-0.39, 0.29) is 46.0 Å². The van der Waals surface area contributed by atoms with E-state index in [1.807, 2.05) is 27.7 Å². The average molecular weight is 1050 g/mol. The van der Waals surface area contributed by atoms with Crippen molar-refractivity contribution in [2.24, 2.45) is 0 Å². The molecule has 0 radical (unpaired) electrons. The van der Waals surface area contributed by atoms with Gasteiger partial charge in [-0.3, -0.25) is 38.4 Å². The van der Waals surface area contributed by atoms with E-state index in [9.17, 15) is 38.4 Å². The number of carbonyl (C=O) groups excluding carboxylic acids is 8. The van der Waals surface area contributed by atoms with Crippen LogP contribution in [0, 0.1) is 0 Å². The molecule has 1 aliphatic carbocycles. The van der Waals surface area contributed by atoms with Crippen LogP contribution in [-0.2, 0) is 38.4 Å². The Bertz CT molecular complexity index is 2300. The van der Waals surface area contributed by atoms with Crippen molar-refractivity contribution in [2.75, 3.05) is 0 Å². The van der Waals surface area contributed by atoms with Crippen LogP contribution in [0.3, 0.4) is 0 Å². The van der Waals surface area contributed by atoms with Crippen molar-refractivity contribution in [3.8, 4) is 46.0 Å². The summed E-state index contributed by atoms with van der Waals surface area (Å²) >= 11 is 0. The molecule has 4 aromatic carbocycles. The summed E-state index contributed by atoms with van der Waals surface area (Å²) in [5, 5.41) is 0. The number of hydrogen-bond acceptors (Lipinski definition) is 16. The van der Waals surface area contributed by atoms with Crippen molar-refractivity contribution < 1.29 is 76.3 Å². The molecular weight excluding hydrogens is 977 g/mol. The molecule has 1 aliphatic rings. The van der Waals surface area contributed by atoms with Gasteiger partial charge in [-0.25, -0.2) is 0 Å². The van der Waals surface area contributed by atoms with E-state index in [0.717, 1.165) is 0 Å². The van der Waals surface area contributed by atoms with Crippen LogP contribution in [0.5, 0.6) is 46.0 Å². The number of rotatable bonds is 20. The number of fused-ring (bicyclic) bond motifs is 8. The normalized spacial score (nSPS) is 15.6. The Balaban J connectivity index is 2.26. The lowest BCUT2D eigenvalue weighted by atomic mass is 9.76. The minimum atomic E-state index is -0.770. The Kier molecular flexibility index (Phi) is 21.5. The first kappa shape index (κ1) is 59.5. The maximum Gasteiger partial charge on any atom is 0.308 e. The molecule has 8 bridgehead atoms. The molecular formula is C60H72O16. The van der Waals surface area contributed by atoms with Crippen molar-refractivity contribution in [1.29, 1.82) is 0 Å². The molecule has 0 saturated carbocycles. The summed E-state index contributed by atoms with van der Waals surface area (Å²) < 4.78 is 48.5. The van der Waals surface area contributed by atoms with Crippen LogP contribution in [-0.4, -0.2) is 47.8 Å². The molecule has 408 valence electrons. The van der Waals surface area contributed by atoms with Gasteiger partial charge in [-0.15, -0.1) is 0 Å². The fourth-order valence-corrected chi connectivity index (χ4v) is 10.1. The summed E-state index contributed by atoms with van der Waals surface area (Å²) in [5.74, 6) is -8.20. The zero-order valence-corrected chi connectivity index (χ0v) is 45.9. The van der Waals surface area contributed by atoms with Crippen molar-refractivity contribution in [1.82, 2.24) is 0 Å². The van der Waals surface area contributed by atoms with Gasteiger partial charge in [0.1, 0.15) is 46.0 Å². The molecule has 76 heavy (non-hydrogen) atoms. The van der Waals surface area contributed by atoms with Crippen LogP contribution in [0.1, 0.15) is 228 Å². The van der Waals surface area contributed by atoms with Gasteiger partial charge in [0.2, 0.25) is 0 Å². The Morgan fingerprint density at radius 2 is 0.395 bits per heavy atom. The van der Waals surface area contributed by atoms with Gasteiger partial charge in [0.15, 0.2) is 0 Å². The fourth-order valence-electron chi connectivity index (χ4n) is 10.1. The third kappa shape index (κ3) is 15.4. The van der Waals surface area contributed by atoms with Crippen LogP contribution in [0.25, 0.3) is 0 Å². The second kappa shape index (κ2) is 27.4. The van der Waals surface area contributed by atoms with Gasteiger partial charge in [0.25, 0.3) is 0 Å². The van der Waals surface area contributed by atoms with Crippen LogP contribution >= 0.6 is 0 Å². The number of unbranched alkanes of at least 4 members (excludes halogenated alkanes) is 4. The molecule has 0 aromatic heterocycles. The fraction of sp³-hybridized carbons (Fsp3) is 0.467. The van der Waals surface area contributed by atoms with Crippen molar-refractivity contribution in [3.05, 3.63) is 93.0 Å². The van der Waals surface area contributed by atoms with Gasteiger partial charge < -0.3 is 37.9 Å². The first-order chi connectivity index (χ1) is 36.1. The standard InChI is InChI=1S/C60H72O16/c1-13-17-21-41-45-25-47(55(71-35(7)63)29-53(45)69-33(5)61)42(22-18-14-2)49-27-51(59(75-39(11)67)31-57(49)73-37(9)65)44(24-20-16-4)52-28-50(58(74-38(10)66)32-60(52)76-40(12)68)43(23-19-15-3)48-26-46(41)54(70-34(6)62)30-56(48)72-36(8)64/h25-32,41-44H,13-24H2,1-12H3. The molecule has 0 unspecified atom stereocenters. The summed E-state index contributed by atoms with van der Waals surface area (Å²) in [7, 11) is 0. The number of hydrogen-bond donors (Lipinski definition) is 0. The van der Waals surface area contributed by atoms with E-state index in [4.69, 9.17) is 37.9 Å². The van der Waals surface area contributed by atoms with Gasteiger partial charge in [0, 0.05) is 148 Å². The summed E-state index contributed by atoms with van der Waals surface area (Å²) in [5.41, 5.74) is 3.50. The van der Waals surface area contributed by atoms with Gasteiger partial charge in [0.05, 0.1) is 0 Å². The first-order valence-electron chi connectivity index (χ1n) is 26.3. The predicted molar refractivity (Wildman–Crippen MR) is 282 cm³/mol. The van der Waals surface area contributed by atoms with E-state index in [1.54, 1.807) is 24.3 Å². The monoisotopic (exact) mass is 1050 g/mol. The molecule has 0 heterocycles. The van der Waals surface area contributed by atoms with Crippen molar-refractivity contribution >= 4 is 47.8 Å². The van der Waals surface area contributed by atoms with Gasteiger partial charge in [-0.1, -0.05) is 79.1 Å². The predicted octanol–water partition coefficient (Wildman–Crippen LogP) is 12.7. The smallest absolute Gasteiger partial charge is 0.308 e. The minimum absolute atomic E-state index is 0.0412. The Labute approximate surface area is 445 Å². The van der Waals surface area contributed by atoms with E-state index < -0.39 is 71.4 Å². The summed E-state index contributed by atoms with van der Waals surface area (Å²) in [4.78, 5) is 106. The second-order valence-corrected chi connectivity index (χ2v) is 19.2. The lowest BCUT2D eigenvalue weighted by Crippen LogP contribution is -2.18. The lowest BCUT2D eigenvalue weighted by Gasteiger charge is -2.31. The molecule has 0 atom stereocenters. The van der Waals surface area contributed by atoms with Crippen LogP contribution < -0.4 is 37.9 Å². The zero-order chi connectivity index (χ0) is 56.0. The Morgan fingerprint density at radius 1 is 0.263 bits per heavy atom. The van der Waals surface area contributed by atoms with E-state index in [2.05, 4.69) is 0 Å². The van der Waals surface area contributed by atoms with Crippen molar-refractivity contribution in [3.63, 3.8) is 0 Å². The van der Waals surface area contributed by atoms with Crippen molar-refractivity contribution in [2.45, 2.75) is 184 Å². The van der Waals surface area contributed by atoms with Gasteiger partial charge in [-0.2, -0.15) is 0 Å². The molecule has 0 saturated heterocycles. The quantitative estimate of drug-likeness (QED) is 0.0595. The van der Waals surface area contributed by atoms with E-state index in [1.165, 1.54) is 79.7 Å². The van der Waals surface area contributed by atoms with Crippen LogP contribution in [0.15, 0.2) is 48.5 Å². The maximum absolute atomic E-state index is 13.2. The summed E-state index contributed by atoms with van der Waals surface area (Å²) in [6.45, 7) is 18.0. The number of carbonyl (C=O) groups is 8. The molecule has 0 fully saturated rings. The molecule has 4 aromatic rings. The SMILES string of the molecule is CCCCC1c2cc(c(OC(C)=O)cc2OC(C)=O)C(CCCC)c2cc(c(OC(C)=O)cc2OC(C)=O)C(CCCC)c2cc(c(OC(C)=O)cc2OC(C)=O)C(CCCC)c2cc1c(OC(C)=O)cc2OC(C)=O. The van der Waals surface area contributed by atoms with Crippen LogP contribution in [0.4, 0.5) is 0 Å². The second-order valence-electron chi connectivity index (χ2n) is 19.2. The highest BCUT2D eigenvalue weighted by Gasteiger charge is 2.36. The van der Waals surface area contributed by atoms with Crippen LogP contribution in [0.2, 0.25) is 0 Å².